The Morgan fingerprint density at radius 2 is 2.10 bits per heavy atom. The highest BCUT2D eigenvalue weighted by Crippen LogP contribution is 2.22. The van der Waals surface area contributed by atoms with E-state index in [4.69, 9.17) is 16.9 Å². The van der Waals surface area contributed by atoms with Gasteiger partial charge in [-0.1, -0.05) is 23.7 Å². The molecule has 5 nitrogen and oxygen atoms in total. The fourth-order valence-electron chi connectivity index (χ4n) is 1.85. The molecule has 1 amide bonds. The van der Waals surface area contributed by atoms with Crippen molar-refractivity contribution >= 4 is 23.7 Å². The third kappa shape index (κ3) is 3.71. The SMILES string of the molecule is Cn1c(/C=N/NC(=O)CC#N)ccc1-c1ccc(Cl)cc1. The monoisotopic (exact) mass is 300 g/mol. The Morgan fingerprint density at radius 1 is 1.38 bits per heavy atom. The average molecular weight is 301 g/mol. The van der Waals surface area contributed by atoms with E-state index in [1.54, 1.807) is 6.07 Å². The van der Waals surface area contributed by atoms with Gasteiger partial charge in [-0.25, -0.2) is 5.43 Å². The molecule has 0 radical (unpaired) electrons. The Bertz CT molecular complexity index is 710. The van der Waals surface area contributed by atoms with Crippen molar-refractivity contribution in [2.75, 3.05) is 0 Å². The first-order valence-corrected chi connectivity index (χ1v) is 6.60. The quantitative estimate of drug-likeness (QED) is 0.696. The van der Waals surface area contributed by atoms with Gasteiger partial charge in [-0.2, -0.15) is 10.4 Å². The van der Waals surface area contributed by atoms with Gasteiger partial charge in [-0.3, -0.25) is 4.79 Å². The summed E-state index contributed by atoms with van der Waals surface area (Å²) in [6.07, 6.45) is 1.33. The minimum Gasteiger partial charge on any atom is -0.343 e. The third-order valence-corrected chi connectivity index (χ3v) is 3.18. The van der Waals surface area contributed by atoms with Crippen LogP contribution in [0.25, 0.3) is 11.3 Å². The molecule has 0 saturated carbocycles. The zero-order valence-corrected chi connectivity index (χ0v) is 12.1. The lowest BCUT2D eigenvalue weighted by atomic mass is 10.1. The highest BCUT2D eigenvalue weighted by atomic mass is 35.5. The number of carbonyl (C=O) groups excluding carboxylic acids is 1. The number of nitriles is 1. The summed E-state index contributed by atoms with van der Waals surface area (Å²) in [7, 11) is 1.91. The zero-order chi connectivity index (χ0) is 15.2. The second kappa shape index (κ2) is 6.73. The average Bonchev–Trinajstić information content (AvgIpc) is 2.82. The van der Waals surface area contributed by atoms with Gasteiger partial charge in [0.1, 0.15) is 6.42 Å². The van der Waals surface area contributed by atoms with Crippen LogP contribution in [0.15, 0.2) is 41.5 Å². The van der Waals surface area contributed by atoms with Crippen LogP contribution in [0.5, 0.6) is 0 Å². The van der Waals surface area contributed by atoms with Crippen molar-refractivity contribution in [3.63, 3.8) is 0 Å². The van der Waals surface area contributed by atoms with Crippen LogP contribution < -0.4 is 5.43 Å². The third-order valence-electron chi connectivity index (χ3n) is 2.93. The summed E-state index contributed by atoms with van der Waals surface area (Å²) >= 11 is 5.88. The van der Waals surface area contributed by atoms with Gasteiger partial charge in [0.15, 0.2) is 0 Å². The fourth-order valence-corrected chi connectivity index (χ4v) is 1.97. The number of carbonyl (C=O) groups is 1. The van der Waals surface area contributed by atoms with Crippen LogP contribution in [0.1, 0.15) is 12.1 Å². The molecule has 2 rings (SSSR count). The molecule has 0 atom stereocenters. The van der Waals surface area contributed by atoms with Crippen molar-refractivity contribution in [2.45, 2.75) is 6.42 Å². The summed E-state index contributed by atoms with van der Waals surface area (Å²) in [6.45, 7) is 0. The topological polar surface area (TPSA) is 70.2 Å². The van der Waals surface area contributed by atoms with Crippen molar-refractivity contribution in [1.82, 2.24) is 9.99 Å². The summed E-state index contributed by atoms with van der Waals surface area (Å²) in [5.74, 6) is -0.430. The molecule has 1 aromatic carbocycles. The summed E-state index contributed by atoms with van der Waals surface area (Å²) in [6, 6.07) is 13.2. The number of nitrogens with one attached hydrogen (secondary N) is 1. The maximum Gasteiger partial charge on any atom is 0.254 e. The number of rotatable bonds is 4. The molecule has 0 fully saturated rings. The van der Waals surface area contributed by atoms with Gasteiger partial charge in [-0.15, -0.1) is 0 Å². The molecule has 0 aliphatic carbocycles. The lowest BCUT2D eigenvalue weighted by Gasteiger charge is -2.05. The van der Waals surface area contributed by atoms with Gasteiger partial charge in [0.25, 0.3) is 5.91 Å². The normalized spacial score (nSPS) is 10.5. The van der Waals surface area contributed by atoms with E-state index in [2.05, 4.69) is 10.5 Å². The molecule has 0 spiro atoms. The van der Waals surface area contributed by atoms with Gasteiger partial charge in [-0.05, 0) is 29.8 Å². The number of nitrogens with zero attached hydrogens (tertiary/aromatic N) is 3. The Labute approximate surface area is 127 Å². The molecule has 0 saturated heterocycles. The Hall–Kier alpha value is -2.58. The summed E-state index contributed by atoms with van der Waals surface area (Å²) < 4.78 is 1.95. The van der Waals surface area contributed by atoms with Gasteiger partial charge in [0.2, 0.25) is 0 Å². The molecule has 0 unspecified atom stereocenters. The summed E-state index contributed by atoms with van der Waals surface area (Å²) in [5.41, 5.74) is 5.17. The lowest BCUT2D eigenvalue weighted by Crippen LogP contribution is -2.16. The van der Waals surface area contributed by atoms with Crippen LogP contribution in [-0.2, 0) is 11.8 Å². The van der Waals surface area contributed by atoms with E-state index in [1.807, 2.05) is 48.0 Å². The van der Waals surface area contributed by atoms with Crippen LogP contribution in [0.2, 0.25) is 5.02 Å². The van der Waals surface area contributed by atoms with Crippen LogP contribution >= 0.6 is 11.6 Å². The molecule has 1 heterocycles. The number of benzene rings is 1. The molecule has 106 valence electrons. The predicted molar refractivity (Wildman–Crippen MR) is 81.8 cm³/mol. The van der Waals surface area contributed by atoms with Gasteiger partial charge in [0, 0.05) is 17.8 Å². The molecule has 2 aromatic rings. The predicted octanol–water partition coefficient (Wildman–Crippen LogP) is 2.71. The van der Waals surface area contributed by atoms with E-state index < -0.39 is 5.91 Å². The highest BCUT2D eigenvalue weighted by Gasteiger charge is 2.05. The van der Waals surface area contributed by atoms with Crippen molar-refractivity contribution in [3.05, 3.63) is 47.1 Å². The maximum absolute atomic E-state index is 11.1. The van der Waals surface area contributed by atoms with Gasteiger partial charge < -0.3 is 4.57 Å². The first-order chi connectivity index (χ1) is 10.1. The van der Waals surface area contributed by atoms with E-state index in [0.717, 1.165) is 17.0 Å². The minimum atomic E-state index is -0.430. The van der Waals surface area contributed by atoms with E-state index in [0.29, 0.717) is 5.02 Å². The van der Waals surface area contributed by atoms with Crippen LogP contribution in [-0.4, -0.2) is 16.7 Å². The molecule has 1 aromatic heterocycles. The van der Waals surface area contributed by atoms with E-state index >= 15 is 0 Å². The molecule has 0 aliphatic heterocycles. The Kier molecular flexibility index (Phi) is 4.75. The Balaban J connectivity index is 2.14. The Morgan fingerprint density at radius 3 is 2.76 bits per heavy atom. The van der Waals surface area contributed by atoms with Crippen molar-refractivity contribution in [2.24, 2.45) is 12.1 Å². The largest absolute Gasteiger partial charge is 0.343 e. The first-order valence-electron chi connectivity index (χ1n) is 6.22. The first kappa shape index (κ1) is 14.8. The standard InChI is InChI=1S/C15H13ClN4O/c1-20-13(10-18-19-15(21)8-9-17)6-7-14(20)11-2-4-12(16)5-3-11/h2-7,10H,8H2,1H3,(H,19,21)/b18-10+. The molecule has 0 bridgehead atoms. The molecular weight excluding hydrogens is 288 g/mol. The van der Waals surface area contributed by atoms with Gasteiger partial charge >= 0.3 is 0 Å². The second-order valence-electron chi connectivity index (χ2n) is 4.34. The van der Waals surface area contributed by atoms with Gasteiger partial charge in [0.05, 0.1) is 18.0 Å². The van der Waals surface area contributed by atoms with Crippen molar-refractivity contribution < 1.29 is 4.79 Å². The smallest absolute Gasteiger partial charge is 0.254 e. The second-order valence-corrected chi connectivity index (χ2v) is 4.77. The molecule has 1 N–H and O–H groups in total. The maximum atomic E-state index is 11.1. The van der Waals surface area contributed by atoms with E-state index in [-0.39, 0.29) is 6.42 Å². The van der Waals surface area contributed by atoms with E-state index in [1.165, 1.54) is 6.21 Å². The number of amides is 1. The van der Waals surface area contributed by atoms with Crippen LogP contribution in [0.3, 0.4) is 0 Å². The van der Waals surface area contributed by atoms with Crippen LogP contribution in [0, 0.1) is 11.3 Å². The van der Waals surface area contributed by atoms with Crippen LogP contribution in [0.4, 0.5) is 0 Å². The highest BCUT2D eigenvalue weighted by molar-refractivity contribution is 6.30. The number of hydrogen-bond acceptors (Lipinski definition) is 3. The summed E-state index contributed by atoms with van der Waals surface area (Å²) in [5, 5.41) is 12.9. The minimum absolute atomic E-state index is 0.208. The lowest BCUT2D eigenvalue weighted by molar-refractivity contribution is -0.120. The molecule has 0 aliphatic rings. The molecular formula is C15H13ClN4O. The van der Waals surface area contributed by atoms with Crippen molar-refractivity contribution in [1.29, 1.82) is 5.26 Å². The number of aromatic nitrogens is 1. The number of hydrazone groups is 1. The van der Waals surface area contributed by atoms with E-state index in [9.17, 15) is 4.79 Å². The number of hydrogen-bond donors (Lipinski definition) is 1. The van der Waals surface area contributed by atoms with Crippen molar-refractivity contribution in [3.8, 4) is 17.3 Å². The summed E-state index contributed by atoms with van der Waals surface area (Å²) in [4.78, 5) is 11.1. The fraction of sp³-hybridized carbons (Fsp3) is 0.133. The zero-order valence-electron chi connectivity index (χ0n) is 11.4. The molecule has 21 heavy (non-hydrogen) atoms. The molecule has 6 heteroatoms. The number of halogens is 1.